The molecule has 0 spiro atoms. The third kappa shape index (κ3) is 5.79. The summed E-state index contributed by atoms with van der Waals surface area (Å²) in [6.45, 7) is -0.403. The number of carbonyl (C=O) groups is 1. The Balaban J connectivity index is 2.16. The zero-order valence-corrected chi connectivity index (χ0v) is 17.4. The molecule has 1 unspecified atom stereocenters. The second-order valence-corrected chi connectivity index (χ2v) is 8.07. The second kappa shape index (κ2) is 11.1. The van der Waals surface area contributed by atoms with Gasteiger partial charge in [-0.15, -0.1) is 11.8 Å². The lowest BCUT2D eigenvalue weighted by atomic mass is 10.0. The molecule has 6 N–H and O–H groups in total. The van der Waals surface area contributed by atoms with E-state index in [-0.39, 0.29) is 10.9 Å². The van der Waals surface area contributed by atoms with E-state index in [4.69, 9.17) is 22.1 Å². The highest BCUT2D eigenvalue weighted by molar-refractivity contribution is 8.00. The Hall–Kier alpha value is -1.47. The van der Waals surface area contributed by atoms with Crippen LogP contribution in [0.4, 0.5) is 0 Å². The van der Waals surface area contributed by atoms with Crippen LogP contribution in [0, 0.1) is 0 Å². The van der Waals surface area contributed by atoms with Crippen LogP contribution < -0.4 is 5.32 Å². The van der Waals surface area contributed by atoms with Gasteiger partial charge in [0.25, 0.3) is 0 Å². The molecule has 9 nitrogen and oxygen atoms in total. The minimum atomic E-state index is -1.78. The van der Waals surface area contributed by atoms with E-state index in [0.29, 0.717) is 6.54 Å². The predicted molar refractivity (Wildman–Crippen MR) is 111 cm³/mol. The molecule has 1 aliphatic rings. The molecular formula is C18H26N2O7S2. The van der Waals surface area contributed by atoms with Crippen LogP contribution in [0.15, 0.2) is 30.3 Å². The molecule has 1 aromatic rings. The number of methoxy groups -OCH3 is 1. The molecule has 162 valence electrons. The molecule has 0 amide bonds. The van der Waals surface area contributed by atoms with Crippen molar-refractivity contribution in [1.82, 2.24) is 10.2 Å². The quantitative estimate of drug-likeness (QED) is 0.203. The van der Waals surface area contributed by atoms with E-state index in [1.54, 1.807) is 0 Å². The molecule has 1 fully saturated rings. The molecule has 1 saturated heterocycles. The maximum absolute atomic E-state index is 12.2. The predicted octanol–water partition coefficient (Wildman–Crippen LogP) is -1.59. The Morgan fingerprint density at radius 1 is 1.28 bits per heavy atom. The lowest BCUT2D eigenvalue weighted by Crippen LogP contribution is -2.57. The molecule has 11 heteroatoms. The molecule has 2 rings (SSSR count). The number of thiocarbonyl (C=S) groups is 1. The molecule has 0 saturated carbocycles. The van der Waals surface area contributed by atoms with E-state index in [1.165, 1.54) is 12.0 Å². The number of aliphatic hydroxyl groups is 5. The number of aliphatic hydroxyl groups excluding tert-OH is 5. The minimum Gasteiger partial charge on any atom is -0.467 e. The number of benzene rings is 1. The van der Waals surface area contributed by atoms with Gasteiger partial charge in [0.15, 0.2) is 5.11 Å². The maximum Gasteiger partial charge on any atom is 0.329 e. The number of esters is 1. The fourth-order valence-electron chi connectivity index (χ4n) is 2.94. The summed E-state index contributed by atoms with van der Waals surface area (Å²) < 4.78 is 4.82. The second-order valence-electron chi connectivity index (χ2n) is 6.54. The molecule has 29 heavy (non-hydrogen) atoms. The number of nitrogens with one attached hydrogen (secondary N) is 1. The van der Waals surface area contributed by atoms with Crippen molar-refractivity contribution in [3.8, 4) is 0 Å². The minimum absolute atomic E-state index is 0.169. The van der Waals surface area contributed by atoms with E-state index >= 15 is 0 Å². The molecule has 0 radical (unpaired) electrons. The first-order chi connectivity index (χ1) is 13.8. The SMILES string of the molecule is COC(=O)[C@@H]1CSC([C@@H](O)[C@H](O)[C@@H](O)[C@@H](O)CO)N1C(=S)NCc1ccccc1. The van der Waals surface area contributed by atoms with Crippen LogP contribution in [0.25, 0.3) is 0 Å². The highest BCUT2D eigenvalue weighted by Crippen LogP contribution is 2.34. The molecule has 1 aliphatic heterocycles. The summed E-state index contributed by atoms with van der Waals surface area (Å²) in [5.74, 6) is -0.311. The van der Waals surface area contributed by atoms with Crippen molar-refractivity contribution in [2.45, 2.75) is 42.4 Å². The Morgan fingerprint density at radius 3 is 2.52 bits per heavy atom. The summed E-state index contributed by atoms with van der Waals surface area (Å²) in [4.78, 5) is 13.6. The van der Waals surface area contributed by atoms with E-state index in [0.717, 1.165) is 17.3 Å². The molecule has 6 atom stereocenters. The van der Waals surface area contributed by atoms with Crippen molar-refractivity contribution in [1.29, 1.82) is 0 Å². The zero-order chi connectivity index (χ0) is 21.6. The van der Waals surface area contributed by atoms with Crippen molar-refractivity contribution in [2.75, 3.05) is 19.5 Å². The van der Waals surface area contributed by atoms with Gasteiger partial charge < -0.3 is 40.5 Å². The van der Waals surface area contributed by atoms with Crippen molar-refractivity contribution < 1.29 is 35.1 Å². The van der Waals surface area contributed by atoms with Gasteiger partial charge in [0.1, 0.15) is 35.8 Å². The largest absolute Gasteiger partial charge is 0.467 e. The van der Waals surface area contributed by atoms with E-state index in [9.17, 15) is 25.2 Å². The van der Waals surface area contributed by atoms with Gasteiger partial charge in [0.05, 0.1) is 13.7 Å². The van der Waals surface area contributed by atoms with Crippen molar-refractivity contribution in [3.63, 3.8) is 0 Å². The van der Waals surface area contributed by atoms with Crippen LogP contribution >= 0.6 is 24.0 Å². The topological polar surface area (TPSA) is 143 Å². The lowest BCUT2D eigenvalue weighted by Gasteiger charge is -2.36. The summed E-state index contributed by atoms with van der Waals surface area (Å²) in [6.07, 6.45) is -6.74. The number of thioether (sulfide) groups is 1. The standard InChI is InChI=1S/C18H26N2O7S2/c1-27-17(26)11-9-29-16(15(25)14(24)13(23)12(22)8-21)20(11)18(28)19-7-10-5-3-2-4-6-10/h2-6,11-16,21-25H,7-9H2,1H3,(H,19,28)/t11-,12-,13-,14+,15-,16?/m0/s1. The molecule has 1 aromatic carbocycles. The summed E-state index contributed by atoms with van der Waals surface area (Å²) in [5.41, 5.74) is 0.954. The van der Waals surface area contributed by atoms with Crippen LogP contribution in [0.5, 0.6) is 0 Å². The molecule has 0 bridgehead atoms. The molecule has 0 aromatic heterocycles. The normalized spacial score (nSPS) is 23.2. The average Bonchev–Trinajstić information content (AvgIpc) is 3.20. The Morgan fingerprint density at radius 2 is 1.93 bits per heavy atom. The number of hydrogen-bond donors (Lipinski definition) is 6. The van der Waals surface area contributed by atoms with Gasteiger partial charge in [-0.05, 0) is 17.8 Å². The first-order valence-electron chi connectivity index (χ1n) is 8.94. The van der Waals surface area contributed by atoms with Crippen molar-refractivity contribution >= 4 is 35.1 Å². The molecular weight excluding hydrogens is 420 g/mol. The fraction of sp³-hybridized carbons (Fsp3) is 0.556. The molecule has 0 aliphatic carbocycles. The Kier molecular flexibility index (Phi) is 9.08. The van der Waals surface area contributed by atoms with Crippen LogP contribution in [0.2, 0.25) is 0 Å². The third-order valence-corrected chi connectivity index (χ3v) is 6.31. The van der Waals surface area contributed by atoms with Gasteiger partial charge in [-0.1, -0.05) is 30.3 Å². The zero-order valence-electron chi connectivity index (χ0n) is 15.8. The maximum atomic E-state index is 12.2. The van der Waals surface area contributed by atoms with Gasteiger partial charge in [-0.3, -0.25) is 0 Å². The summed E-state index contributed by atoms with van der Waals surface area (Å²) >= 11 is 6.59. The summed E-state index contributed by atoms with van der Waals surface area (Å²) in [6, 6.07) is 8.63. The van der Waals surface area contributed by atoms with Crippen LogP contribution in [-0.4, -0.2) is 96.8 Å². The van der Waals surface area contributed by atoms with E-state index < -0.39 is 48.4 Å². The first-order valence-corrected chi connectivity index (χ1v) is 10.4. The van der Waals surface area contributed by atoms with Gasteiger partial charge in [-0.2, -0.15) is 0 Å². The van der Waals surface area contributed by atoms with E-state index in [1.807, 2.05) is 30.3 Å². The van der Waals surface area contributed by atoms with Crippen LogP contribution in [0.1, 0.15) is 5.56 Å². The van der Waals surface area contributed by atoms with E-state index in [2.05, 4.69) is 5.32 Å². The van der Waals surface area contributed by atoms with Gasteiger partial charge in [0, 0.05) is 12.3 Å². The number of carbonyl (C=O) groups excluding carboxylic acids is 1. The summed E-state index contributed by atoms with van der Waals surface area (Å²) in [5, 5.41) is 51.6. The average molecular weight is 447 g/mol. The smallest absolute Gasteiger partial charge is 0.329 e. The van der Waals surface area contributed by atoms with Crippen molar-refractivity contribution in [3.05, 3.63) is 35.9 Å². The Bertz CT molecular complexity index is 681. The summed E-state index contributed by atoms with van der Waals surface area (Å²) in [7, 11) is 1.24. The number of ether oxygens (including phenoxy) is 1. The highest BCUT2D eigenvalue weighted by atomic mass is 32.2. The monoisotopic (exact) mass is 446 g/mol. The van der Waals surface area contributed by atoms with Crippen LogP contribution in [-0.2, 0) is 16.1 Å². The van der Waals surface area contributed by atoms with Crippen molar-refractivity contribution in [2.24, 2.45) is 0 Å². The third-order valence-electron chi connectivity index (χ3n) is 4.60. The number of hydrogen-bond acceptors (Lipinski definition) is 9. The van der Waals surface area contributed by atoms with Gasteiger partial charge in [0.2, 0.25) is 0 Å². The first kappa shape index (κ1) is 23.8. The van der Waals surface area contributed by atoms with Crippen LogP contribution in [0.3, 0.4) is 0 Å². The Labute approximate surface area is 178 Å². The fourth-order valence-corrected chi connectivity index (χ4v) is 4.76. The highest BCUT2D eigenvalue weighted by Gasteiger charge is 2.47. The van der Waals surface area contributed by atoms with Gasteiger partial charge >= 0.3 is 5.97 Å². The number of rotatable bonds is 8. The molecule has 1 heterocycles. The van der Waals surface area contributed by atoms with Gasteiger partial charge in [-0.25, -0.2) is 4.79 Å². The lowest BCUT2D eigenvalue weighted by molar-refractivity contribution is -0.146. The number of nitrogens with zero attached hydrogens (tertiary/aromatic N) is 1.